The van der Waals surface area contributed by atoms with Crippen LogP contribution >= 0.6 is 11.6 Å². The highest BCUT2D eigenvalue weighted by atomic mass is 35.5. The van der Waals surface area contributed by atoms with Gasteiger partial charge < -0.3 is 14.5 Å². The van der Waals surface area contributed by atoms with Crippen molar-refractivity contribution in [3.8, 4) is 5.75 Å². The van der Waals surface area contributed by atoms with Crippen molar-refractivity contribution < 1.29 is 14.3 Å². The van der Waals surface area contributed by atoms with Gasteiger partial charge in [0.05, 0.1) is 0 Å². The molecular weight excluding hydrogens is 328 g/mol. The zero-order chi connectivity index (χ0) is 17.4. The molecule has 132 valence electrons. The maximum absolute atomic E-state index is 12.3. The Kier molecular flexibility index (Phi) is 7.37. The first kappa shape index (κ1) is 18.6. The van der Waals surface area contributed by atoms with Crippen molar-refractivity contribution in [2.75, 3.05) is 38.7 Å². The Hall–Kier alpha value is -1.75. The standard InChI is InChI=1S/C18H25ClN2O3/c1-2-15-6-3-4-7-16(15)24-14-18(23)21-12-10-20(11-13-21)17(22)8-5-9-19/h3-4,6-7H,2,5,8-14H2,1H3. The number of benzene rings is 1. The Morgan fingerprint density at radius 2 is 1.71 bits per heavy atom. The first-order valence-corrected chi connectivity index (χ1v) is 9.01. The lowest BCUT2D eigenvalue weighted by molar-refractivity contribution is -0.140. The van der Waals surface area contributed by atoms with Crippen LogP contribution in [0.2, 0.25) is 0 Å². The summed E-state index contributed by atoms with van der Waals surface area (Å²) in [4.78, 5) is 27.8. The number of ether oxygens (including phenoxy) is 1. The molecule has 0 N–H and O–H groups in total. The third kappa shape index (κ3) is 5.13. The third-order valence-corrected chi connectivity index (χ3v) is 4.48. The molecule has 0 unspecified atom stereocenters. The molecule has 0 saturated carbocycles. The second-order valence-electron chi connectivity index (χ2n) is 5.80. The molecule has 2 rings (SSSR count). The highest BCUT2D eigenvalue weighted by Crippen LogP contribution is 2.18. The van der Waals surface area contributed by atoms with Crippen molar-refractivity contribution in [3.63, 3.8) is 0 Å². The summed E-state index contributed by atoms with van der Waals surface area (Å²) in [5.74, 6) is 1.36. The van der Waals surface area contributed by atoms with E-state index in [1.165, 1.54) is 0 Å². The second-order valence-corrected chi connectivity index (χ2v) is 6.18. The number of carbonyl (C=O) groups excluding carboxylic acids is 2. The number of para-hydroxylation sites is 1. The Bertz CT molecular complexity index is 557. The summed E-state index contributed by atoms with van der Waals surface area (Å²) < 4.78 is 5.68. The normalized spacial score (nSPS) is 14.6. The molecule has 1 aliphatic rings. The van der Waals surface area contributed by atoms with Crippen LogP contribution in [0, 0.1) is 0 Å². The first-order chi connectivity index (χ1) is 11.7. The highest BCUT2D eigenvalue weighted by Gasteiger charge is 2.24. The van der Waals surface area contributed by atoms with E-state index in [1.807, 2.05) is 29.2 Å². The van der Waals surface area contributed by atoms with Gasteiger partial charge >= 0.3 is 0 Å². The Morgan fingerprint density at radius 1 is 1.08 bits per heavy atom. The number of halogens is 1. The molecule has 0 aromatic heterocycles. The van der Waals surface area contributed by atoms with Crippen molar-refractivity contribution in [1.29, 1.82) is 0 Å². The van der Waals surface area contributed by atoms with Crippen molar-refractivity contribution in [2.24, 2.45) is 0 Å². The first-order valence-electron chi connectivity index (χ1n) is 8.48. The summed E-state index contributed by atoms with van der Waals surface area (Å²) in [6.45, 7) is 4.38. The van der Waals surface area contributed by atoms with E-state index in [0.717, 1.165) is 17.7 Å². The van der Waals surface area contributed by atoms with E-state index < -0.39 is 0 Å². The van der Waals surface area contributed by atoms with Gasteiger partial charge in [0.25, 0.3) is 5.91 Å². The predicted octanol–water partition coefficient (Wildman–Crippen LogP) is 2.32. The minimum absolute atomic E-state index is 0.0336. The fourth-order valence-electron chi connectivity index (χ4n) is 2.75. The van der Waals surface area contributed by atoms with Gasteiger partial charge in [-0.1, -0.05) is 25.1 Å². The third-order valence-electron chi connectivity index (χ3n) is 4.21. The van der Waals surface area contributed by atoms with E-state index in [1.54, 1.807) is 4.90 Å². The van der Waals surface area contributed by atoms with Gasteiger partial charge in [-0.05, 0) is 24.5 Å². The molecule has 0 aliphatic carbocycles. The summed E-state index contributed by atoms with van der Waals surface area (Å²) in [6, 6.07) is 7.77. The van der Waals surface area contributed by atoms with E-state index in [-0.39, 0.29) is 18.4 Å². The minimum Gasteiger partial charge on any atom is -0.483 e. The number of piperazine rings is 1. The summed E-state index contributed by atoms with van der Waals surface area (Å²) >= 11 is 5.62. The lowest BCUT2D eigenvalue weighted by Crippen LogP contribution is -2.51. The number of rotatable bonds is 7. The van der Waals surface area contributed by atoms with Crippen LogP contribution in [0.4, 0.5) is 0 Å². The molecule has 0 spiro atoms. The number of hydrogen-bond donors (Lipinski definition) is 0. The van der Waals surface area contributed by atoms with Crippen molar-refractivity contribution in [2.45, 2.75) is 26.2 Å². The highest BCUT2D eigenvalue weighted by molar-refractivity contribution is 6.17. The van der Waals surface area contributed by atoms with Crippen LogP contribution in [-0.2, 0) is 16.0 Å². The van der Waals surface area contributed by atoms with Crippen molar-refractivity contribution >= 4 is 23.4 Å². The Balaban J connectivity index is 1.77. The molecule has 2 amide bonds. The summed E-state index contributed by atoms with van der Waals surface area (Å²) in [5.41, 5.74) is 1.10. The van der Waals surface area contributed by atoms with Crippen molar-refractivity contribution in [3.05, 3.63) is 29.8 Å². The van der Waals surface area contributed by atoms with Gasteiger partial charge in [-0.25, -0.2) is 0 Å². The van der Waals surface area contributed by atoms with Gasteiger partial charge in [-0.15, -0.1) is 11.6 Å². The van der Waals surface area contributed by atoms with E-state index >= 15 is 0 Å². The van der Waals surface area contributed by atoms with Crippen LogP contribution in [0.1, 0.15) is 25.3 Å². The molecular formula is C18H25ClN2O3. The molecule has 1 saturated heterocycles. The number of carbonyl (C=O) groups is 2. The van der Waals surface area contributed by atoms with Crippen molar-refractivity contribution in [1.82, 2.24) is 9.80 Å². The van der Waals surface area contributed by atoms with E-state index in [2.05, 4.69) is 6.92 Å². The second kappa shape index (κ2) is 9.52. The fraction of sp³-hybridized carbons (Fsp3) is 0.556. The molecule has 0 atom stereocenters. The maximum Gasteiger partial charge on any atom is 0.260 e. The van der Waals surface area contributed by atoms with Gasteiger partial charge in [0.1, 0.15) is 5.75 Å². The average molecular weight is 353 g/mol. The predicted molar refractivity (Wildman–Crippen MR) is 94.4 cm³/mol. The van der Waals surface area contributed by atoms with Gasteiger partial charge in [-0.2, -0.15) is 0 Å². The zero-order valence-corrected chi connectivity index (χ0v) is 14.9. The molecule has 5 nitrogen and oxygen atoms in total. The fourth-order valence-corrected chi connectivity index (χ4v) is 2.88. The Morgan fingerprint density at radius 3 is 2.33 bits per heavy atom. The molecule has 6 heteroatoms. The number of hydrogen-bond acceptors (Lipinski definition) is 3. The average Bonchev–Trinajstić information content (AvgIpc) is 2.64. The minimum atomic E-state index is -0.0336. The number of amides is 2. The molecule has 1 fully saturated rings. The topological polar surface area (TPSA) is 49.9 Å². The monoisotopic (exact) mass is 352 g/mol. The van der Waals surface area contributed by atoms with Gasteiger partial charge in [0, 0.05) is 38.5 Å². The molecule has 0 radical (unpaired) electrons. The Labute approximate surface area is 148 Å². The van der Waals surface area contributed by atoms with Crippen LogP contribution < -0.4 is 4.74 Å². The smallest absolute Gasteiger partial charge is 0.260 e. The lowest BCUT2D eigenvalue weighted by atomic mass is 10.1. The number of aryl methyl sites for hydroxylation is 1. The van der Waals surface area contributed by atoms with Gasteiger partial charge in [0.2, 0.25) is 5.91 Å². The summed E-state index contributed by atoms with van der Waals surface area (Å²) in [5, 5.41) is 0. The maximum atomic E-state index is 12.3. The SMILES string of the molecule is CCc1ccccc1OCC(=O)N1CCN(C(=O)CCCCl)CC1. The van der Waals surface area contributed by atoms with Gasteiger partial charge in [0.15, 0.2) is 6.61 Å². The number of nitrogens with zero attached hydrogens (tertiary/aromatic N) is 2. The van der Waals surface area contributed by atoms with Gasteiger partial charge in [-0.3, -0.25) is 9.59 Å². The van der Waals surface area contributed by atoms with Crippen LogP contribution in [0.25, 0.3) is 0 Å². The molecule has 1 aromatic carbocycles. The molecule has 1 aliphatic heterocycles. The summed E-state index contributed by atoms with van der Waals surface area (Å²) in [6.07, 6.45) is 2.05. The van der Waals surface area contributed by atoms with Crippen LogP contribution in [-0.4, -0.2) is 60.3 Å². The molecule has 1 heterocycles. The quantitative estimate of drug-likeness (QED) is 0.708. The lowest BCUT2D eigenvalue weighted by Gasteiger charge is -2.34. The van der Waals surface area contributed by atoms with Crippen LogP contribution in [0.5, 0.6) is 5.75 Å². The molecule has 0 bridgehead atoms. The summed E-state index contributed by atoms with van der Waals surface area (Å²) in [7, 11) is 0. The van der Waals surface area contributed by atoms with Crippen LogP contribution in [0.3, 0.4) is 0 Å². The van der Waals surface area contributed by atoms with E-state index in [0.29, 0.717) is 44.9 Å². The van der Waals surface area contributed by atoms with E-state index in [9.17, 15) is 9.59 Å². The van der Waals surface area contributed by atoms with E-state index in [4.69, 9.17) is 16.3 Å². The molecule has 1 aromatic rings. The van der Waals surface area contributed by atoms with Crippen LogP contribution in [0.15, 0.2) is 24.3 Å². The zero-order valence-electron chi connectivity index (χ0n) is 14.2. The number of alkyl halides is 1. The molecule has 24 heavy (non-hydrogen) atoms. The largest absolute Gasteiger partial charge is 0.483 e.